The van der Waals surface area contributed by atoms with Gasteiger partial charge in [-0.05, 0) is 56.2 Å². The van der Waals surface area contributed by atoms with E-state index in [4.69, 9.17) is 9.40 Å². The second-order valence-corrected chi connectivity index (χ2v) is 10.4. The number of carbonyl (C=O) groups excluding carboxylic acids is 1. The van der Waals surface area contributed by atoms with Gasteiger partial charge in [0, 0.05) is 43.6 Å². The topological polar surface area (TPSA) is 124 Å². The Labute approximate surface area is 202 Å². The lowest BCUT2D eigenvalue weighted by atomic mass is 9.78. The first kappa shape index (κ1) is 21.7. The lowest BCUT2D eigenvalue weighted by molar-refractivity contribution is -0.119. The summed E-state index contributed by atoms with van der Waals surface area (Å²) in [4.78, 5) is 36.9. The van der Waals surface area contributed by atoms with Crippen molar-refractivity contribution in [3.63, 3.8) is 0 Å². The summed E-state index contributed by atoms with van der Waals surface area (Å²) in [6, 6.07) is 7.62. The van der Waals surface area contributed by atoms with E-state index < -0.39 is 11.5 Å². The zero-order valence-corrected chi connectivity index (χ0v) is 19.8. The summed E-state index contributed by atoms with van der Waals surface area (Å²) in [7, 11) is 0. The van der Waals surface area contributed by atoms with Crippen LogP contribution in [0.3, 0.4) is 0 Å². The number of nitrogens with zero attached hydrogens (tertiary/aromatic N) is 4. The number of piperidine rings is 1. The molecule has 0 radical (unpaired) electrons. The van der Waals surface area contributed by atoms with E-state index in [0.717, 1.165) is 55.1 Å². The van der Waals surface area contributed by atoms with Crippen molar-refractivity contribution in [1.82, 2.24) is 14.9 Å². The molecule has 2 saturated heterocycles. The van der Waals surface area contributed by atoms with Gasteiger partial charge in [-0.15, -0.1) is 0 Å². The third-order valence-electron chi connectivity index (χ3n) is 7.88. The van der Waals surface area contributed by atoms with Gasteiger partial charge in [-0.25, -0.2) is 9.78 Å². The molecular weight excluding hydrogens is 448 g/mol. The maximum absolute atomic E-state index is 12.3. The van der Waals surface area contributed by atoms with Gasteiger partial charge in [0.2, 0.25) is 11.9 Å². The van der Waals surface area contributed by atoms with Gasteiger partial charge in [-0.1, -0.05) is 6.07 Å². The van der Waals surface area contributed by atoms with Crippen molar-refractivity contribution in [3.8, 4) is 0 Å². The molecule has 2 fully saturated rings. The molecule has 2 aromatic heterocycles. The highest BCUT2D eigenvalue weighted by atomic mass is 16.4. The number of aromatic nitrogens is 2. The zero-order valence-electron chi connectivity index (χ0n) is 19.8. The average molecular weight is 477 g/mol. The SMILES string of the molecule is CC1(C)C(=O)Nc2cc(Nc3nc(N4CCC5(CCN(C(=O)O)C5)CC4)c4occc4n3)ccc21. The normalized spacial score (nSPS) is 20.3. The number of furan rings is 1. The van der Waals surface area contributed by atoms with Gasteiger partial charge in [0.25, 0.3) is 0 Å². The molecule has 10 heteroatoms. The predicted octanol–water partition coefficient (Wildman–Crippen LogP) is 4.17. The van der Waals surface area contributed by atoms with Crippen molar-refractivity contribution >= 4 is 46.2 Å². The zero-order chi connectivity index (χ0) is 24.4. The number of anilines is 4. The minimum absolute atomic E-state index is 0.0142. The van der Waals surface area contributed by atoms with Crippen LogP contribution >= 0.6 is 0 Å². The third-order valence-corrected chi connectivity index (χ3v) is 7.88. The number of hydrogen-bond acceptors (Lipinski definition) is 7. The largest absolute Gasteiger partial charge is 0.465 e. The Balaban J connectivity index is 1.24. The molecule has 10 nitrogen and oxygen atoms in total. The number of carbonyl (C=O) groups is 2. The van der Waals surface area contributed by atoms with E-state index in [2.05, 4.69) is 20.5 Å². The molecule has 3 aliphatic heterocycles. The fraction of sp³-hybridized carbons (Fsp3) is 0.440. The van der Waals surface area contributed by atoms with Gasteiger partial charge in [-0.2, -0.15) is 4.98 Å². The van der Waals surface area contributed by atoms with Crippen molar-refractivity contribution in [2.45, 2.75) is 38.5 Å². The molecule has 3 N–H and O–H groups in total. The Hall–Kier alpha value is -3.82. The molecule has 1 aromatic carbocycles. The number of likely N-dealkylation sites (tertiary alicyclic amines) is 1. The molecule has 0 unspecified atom stereocenters. The van der Waals surface area contributed by atoms with E-state index in [0.29, 0.717) is 30.1 Å². The second-order valence-electron chi connectivity index (χ2n) is 10.4. The minimum atomic E-state index is -0.831. The first-order chi connectivity index (χ1) is 16.7. The Morgan fingerprint density at radius 2 is 1.91 bits per heavy atom. The van der Waals surface area contributed by atoms with Crippen LogP contribution in [0.25, 0.3) is 11.1 Å². The highest BCUT2D eigenvalue weighted by Crippen LogP contribution is 2.42. The van der Waals surface area contributed by atoms with Crippen LogP contribution < -0.4 is 15.5 Å². The van der Waals surface area contributed by atoms with E-state index in [1.807, 2.05) is 38.1 Å². The fourth-order valence-electron chi connectivity index (χ4n) is 5.62. The van der Waals surface area contributed by atoms with E-state index in [-0.39, 0.29) is 11.3 Å². The lowest BCUT2D eigenvalue weighted by Gasteiger charge is -2.39. The molecule has 0 atom stereocenters. The van der Waals surface area contributed by atoms with Crippen molar-refractivity contribution in [2.75, 3.05) is 41.7 Å². The van der Waals surface area contributed by atoms with Gasteiger partial charge in [0.1, 0.15) is 5.52 Å². The molecule has 0 bridgehead atoms. The Kier molecular flexibility index (Phi) is 4.71. The number of fused-ring (bicyclic) bond motifs is 2. The van der Waals surface area contributed by atoms with Crippen molar-refractivity contribution in [3.05, 3.63) is 36.1 Å². The number of rotatable bonds is 3. The van der Waals surface area contributed by atoms with Crippen LogP contribution in [0.4, 0.5) is 27.9 Å². The molecule has 3 aromatic rings. The summed E-state index contributed by atoms with van der Waals surface area (Å²) in [5.74, 6) is 1.18. The quantitative estimate of drug-likeness (QED) is 0.515. The molecule has 3 aliphatic rings. The maximum atomic E-state index is 12.3. The van der Waals surface area contributed by atoms with Crippen LogP contribution in [0.2, 0.25) is 0 Å². The molecule has 0 aliphatic carbocycles. The van der Waals surface area contributed by atoms with Gasteiger partial charge in [0.05, 0.1) is 11.7 Å². The summed E-state index contributed by atoms with van der Waals surface area (Å²) in [5, 5.41) is 15.6. The summed E-state index contributed by atoms with van der Waals surface area (Å²) >= 11 is 0. The summed E-state index contributed by atoms with van der Waals surface area (Å²) in [6.07, 6.45) is 3.51. The van der Waals surface area contributed by atoms with Crippen LogP contribution in [0.1, 0.15) is 38.7 Å². The number of carboxylic acid groups (broad SMARTS) is 1. The molecular formula is C25H28N6O4. The number of nitrogens with one attached hydrogen (secondary N) is 2. The summed E-state index contributed by atoms with van der Waals surface area (Å²) < 4.78 is 5.74. The van der Waals surface area contributed by atoms with Crippen molar-refractivity contribution in [2.24, 2.45) is 5.41 Å². The Morgan fingerprint density at radius 1 is 1.14 bits per heavy atom. The number of benzene rings is 1. The molecule has 2 amide bonds. The van der Waals surface area contributed by atoms with E-state index in [1.54, 1.807) is 6.26 Å². The van der Waals surface area contributed by atoms with E-state index >= 15 is 0 Å². The fourth-order valence-corrected chi connectivity index (χ4v) is 5.62. The van der Waals surface area contributed by atoms with Crippen LogP contribution in [0, 0.1) is 5.41 Å². The average Bonchev–Trinajstić information content (AvgIpc) is 3.51. The smallest absolute Gasteiger partial charge is 0.407 e. The molecule has 0 saturated carbocycles. The summed E-state index contributed by atoms with van der Waals surface area (Å²) in [5.41, 5.74) is 3.40. The van der Waals surface area contributed by atoms with Gasteiger partial charge < -0.3 is 30.0 Å². The highest BCUT2D eigenvalue weighted by molar-refractivity contribution is 6.06. The van der Waals surface area contributed by atoms with E-state index in [1.165, 1.54) is 4.90 Å². The second kappa shape index (κ2) is 7.59. The predicted molar refractivity (Wildman–Crippen MR) is 131 cm³/mol. The van der Waals surface area contributed by atoms with Crippen molar-refractivity contribution < 1.29 is 19.1 Å². The summed E-state index contributed by atoms with van der Waals surface area (Å²) in [6.45, 7) is 6.60. The highest BCUT2D eigenvalue weighted by Gasteiger charge is 2.43. The first-order valence-electron chi connectivity index (χ1n) is 12.0. The van der Waals surface area contributed by atoms with Crippen LogP contribution in [0.15, 0.2) is 34.9 Å². The molecule has 6 rings (SSSR count). The first-order valence-corrected chi connectivity index (χ1v) is 12.0. The van der Waals surface area contributed by atoms with Crippen LogP contribution in [-0.2, 0) is 10.2 Å². The minimum Gasteiger partial charge on any atom is -0.465 e. The lowest BCUT2D eigenvalue weighted by Crippen LogP contribution is -2.42. The number of amides is 2. The molecule has 35 heavy (non-hydrogen) atoms. The van der Waals surface area contributed by atoms with Crippen LogP contribution in [0.5, 0.6) is 0 Å². The van der Waals surface area contributed by atoms with Crippen LogP contribution in [-0.4, -0.2) is 58.2 Å². The third kappa shape index (κ3) is 3.55. The maximum Gasteiger partial charge on any atom is 0.407 e. The molecule has 1 spiro atoms. The molecule has 5 heterocycles. The van der Waals surface area contributed by atoms with Gasteiger partial charge >= 0.3 is 6.09 Å². The Morgan fingerprint density at radius 3 is 2.66 bits per heavy atom. The van der Waals surface area contributed by atoms with Gasteiger partial charge in [-0.3, -0.25) is 4.79 Å². The monoisotopic (exact) mass is 476 g/mol. The van der Waals surface area contributed by atoms with Crippen molar-refractivity contribution in [1.29, 1.82) is 0 Å². The molecule has 182 valence electrons. The van der Waals surface area contributed by atoms with E-state index in [9.17, 15) is 14.7 Å². The van der Waals surface area contributed by atoms with Gasteiger partial charge in [0.15, 0.2) is 11.4 Å². The standard InChI is InChI=1S/C25H28N6O4/c1-24(2)16-4-3-15(13-18(16)27-21(24)32)26-22-28-17-5-12-35-19(17)20(29-22)30-9-6-25(7-10-30)8-11-31(14-25)23(33)34/h3-5,12-13H,6-11,14H2,1-2H3,(H,27,32)(H,33,34)(H,26,28,29). The Bertz CT molecular complexity index is 1340. The number of hydrogen-bond donors (Lipinski definition) is 3.